The van der Waals surface area contributed by atoms with Crippen LogP contribution in [-0.4, -0.2) is 35.1 Å². The van der Waals surface area contributed by atoms with Gasteiger partial charge < -0.3 is 10.0 Å². The topological polar surface area (TPSA) is 40.5 Å². The van der Waals surface area contributed by atoms with Crippen LogP contribution in [0.3, 0.4) is 0 Å². The lowest BCUT2D eigenvalue weighted by atomic mass is 9.83. The van der Waals surface area contributed by atoms with Crippen molar-refractivity contribution in [2.45, 2.75) is 38.7 Å². The van der Waals surface area contributed by atoms with Gasteiger partial charge in [0.15, 0.2) is 0 Å². The van der Waals surface area contributed by atoms with E-state index in [9.17, 15) is 9.90 Å². The number of carbonyl (C=O) groups excluding carboxylic acids is 1. The zero-order chi connectivity index (χ0) is 13.3. The van der Waals surface area contributed by atoms with Crippen LogP contribution >= 0.6 is 0 Å². The first-order chi connectivity index (χ1) is 8.39. The number of hydrogen-bond acceptors (Lipinski definition) is 2. The third-order valence-corrected chi connectivity index (χ3v) is 3.42. The van der Waals surface area contributed by atoms with Crippen LogP contribution in [0.15, 0.2) is 24.3 Å². The van der Waals surface area contributed by atoms with Gasteiger partial charge in [0.25, 0.3) is 5.91 Å². The van der Waals surface area contributed by atoms with E-state index in [1.165, 1.54) is 0 Å². The smallest absolute Gasteiger partial charge is 0.254 e. The molecule has 0 radical (unpaired) electrons. The van der Waals surface area contributed by atoms with Crippen molar-refractivity contribution in [3.05, 3.63) is 35.4 Å². The lowest BCUT2D eigenvalue weighted by Crippen LogP contribution is -2.31. The minimum Gasteiger partial charge on any atom is -0.391 e. The fourth-order valence-electron chi connectivity index (χ4n) is 2.42. The van der Waals surface area contributed by atoms with E-state index < -0.39 is 0 Å². The van der Waals surface area contributed by atoms with E-state index in [1.54, 1.807) is 4.90 Å². The molecule has 1 fully saturated rings. The highest BCUT2D eigenvalue weighted by Gasteiger charge is 2.28. The molecule has 1 saturated heterocycles. The number of likely N-dealkylation sites (tertiary alicyclic amines) is 1. The van der Waals surface area contributed by atoms with Crippen LogP contribution < -0.4 is 0 Å². The summed E-state index contributed by atoms with van der Waals surface area (Å²) in [4.78, 5) is 14.2. The van der Waals surface area contributed by atoms with Crippen molar-refractivity contribution < 1.29 is 9.90 Å². The van der Waals surface area contributed by atoms with Gasteiger partial charge in [-0.05, 0) is 23.5 Å². The number of hydrogen-bond donors (Lipinski definition) is 1. The van der Waals surface area contributed by atoms with Gasteiger partial charge >= 0.3 is 0 Å². The number of nitrogens with zero attached hydrogens (tertiary/aromatic N) is 1. The SMILES string of the molecule is CC(C)(C)c1ccccc1C(=O)N1CC[C@H](O)C1. The van der Waals surface area contributed by atoms with Crippen molar-refractivity contribution in [2.75, 3.05) is 13.1 Å². The molecular formula is C15H21NO2. The Morgan fingerprint density at radius 2 is 2.00 bits per heavy atom. The van der Waals surface area contributed by atoms with Crippen molar-refractivity contribution >= 4 is 5.91 Å². The number of carbonyl (C=O) groups is 1. The van der Waals surface area contributed by atoms with Crippen molar-refractivity contribution in [3.8, 4) is 0 Å². The fraction of sp³-hybridized carbons (Fsp3) is 0.533. The van der Waals surface area contributed by atoms with Gasteiger partial charge in [-0.2, -0.15) is 0 Å². The summed E-state index contributed by atoms with van der Waals surface area (Å²) in [6, 6.07) is 7.76. The number of aliphatic hydroxyl groups excluding tert-OH is 1. The highest BCUT2D eigenvalue weighted by molar-refractivity contribution is 5.96. The Balaban J connectivity index is 2.31. The maximum Gasteiger partial charge on any atom is 0.254 e. The molecule has 0 aliphatic carbocycles. The molecule has 1 aromatic carbocycles. The van der Waals surface area contributed by atoms with Crippen LogP contribution in [0.5, 0.6) is 0 Å². The van der Waals surface area contributed by atoms with Crippen LogP contribution in [0, 0.1) is 0 Å². The summed E-state index contributed by atoms with van der Waals surface area (Å²) in [5.41, 5.74) is 1.78. The minimum absolute atomic E-state index is 0.0390. The summed E-state index contributed by atoms with van der Waals surface area (Å²) < 4.78 is 0. The van der Waals surface area contributed by atoms with Gasteiger partial charge in [0.1, 0.15) is 0 Å². The predicted octanol–water partition coefficient (Wildman–Crippen LogP) is 2.19. The molecule has 0 bridgehead atoms. The van der Waals surface area contributed by atoms with Crippen LogP contribution in [0.2, 0.25) is 0 Å². The van der Waals surface area contributed by atoms with E-state index >= 15 is 0 Å². The van der Waals surface area contributed by atoms with Gasteiger partial charge in [0, 0.05) is 18.7 Å². The monoisotopic (exact) mass is 247 g/mol. The van der Waals surface area contributed by atoms with Gasteiger partial charge in [-0.15, -0.1) is 0 Å². The summed E-state index contributed by atoms with van der Waals surface area (Å²) >= 11 is 0. The van der Waals surface area contributed by atoms with Crippen molar-refractivity contribution in [3.63, 3.8) is 0 Å². The molecule has 3 heteroatoms. The van der Waals surface area contributed by atoms with Gasteiger partial charge in [-0.3, -0.25) is 4.79 Å². The maximum absolute atomic E-state index is 12.5. The molecule has 1 heterocycles. The lowest BCUT2D eigenvalue weighted by molar-refractivity contribution is 0.0762. The van der Waals surface area contributed by atoms with E-state index in [0.717, 1.165) is 11.1 Å². The molecule has 1 aliphatic heterocycles. The first-order valence-electron chi connectivity index (χ1n) is 6.46. The van der Waals surface area contributed by atoms with Gasteiger partial charge in [-0.25, -0.2) is 0 Å². The molecule has 1 aromatic rings. The molecule has 0 unspecified atom stereocenters. The third kappa shape index (κ3) is 2.56. The molecule has 1 atom stereocenters. The highest BCUT2D eigenvalue weighted by Crippen LogP contribution is 2.27. The Morgan fingerprint density at radius 1 is 1.33 bits per heavy atom. The van der Waals surface area contributed by atoms with Gasteiger partial charge in [0.05, 0.1) is 6.10 Å². The Kier molecular flexibility index (Phi) is 3.44. The van der Waals surface area contributed by atoms with E-state index in [0.29, 0.717) is 19.5 Å². The Morgan fingerprint density at radius 3 is 2.56 bits per heavy atom. The molecule has 3 nitrogen and oxygen atoms in total. The quantitative estimate of drug-likeness (QED) is 0.826. The summed E-state index contributed by atoms with van der Waals surface area (Å²) in [5, 5.41) is 9.53. The van der Waals surface area contributed by atoms with Crippen molar-refractivity contribution in [1.82, 2.24) is 4.90 Å². The summed E-state index contributed by atoms with van der Waals surface area (Å²) in [5.74, 6) is 0.0390. The van der Waals surface area contributed by atoms with E-state index in [2.05, 4.69) is 20.8 Å². The van der Waals surface area contributed by atoms with Crippen LogP contribution in [0.4, 0.5) is 0 Å². The molecule has 2 rings (SSSR count). The first-order valence-corrected chi connectivity index (χ1v) is 6.46. The number of rotatable bonds is 1. The summed E-state index contributed by atoms with van der Waals surface area (Å²) in [6.07, 6.45) is 0.319. The van der Waals surface area contributed by atoms with Crippen LogP contribution in [-0.2, 0) is 5.41 Å². The maximum atomic E-state index is 12.5. The zero-order valence-corrected chi connectivity index (χ0v) is 11.3. The van der Waals surface area contributed by atoms with Gasteiger partial charge in [0.2, 0.25) is 0 Å². The summed E-state index contributed by atoms with van der Waals surface area (Å²) in [7, 11) is 0. The molecule has 0 spiro atoms. The van der Waals surface area contributed by atoms with Crippen molar-refractivity contribution in [2.24, 2.45) is 0 Å². The molecule has 1 aliphatic rings. The Labute approximate surface area is 108 Å². The molecule has 98 valence electrons. The normalized spacial score (nSPS) is 20.2. The molecule has 0 saturated carbocycles. The average Bonchev–Trinajstić information content (AvgIpc) is 2.74. The van der Waals surface area contributed by atoms with Gasteiger partial charge in [-0.1, -0.05) is 39.0 Å². The highest BCUT2D eigenvalue weighted by atomic mass is 16.3. The Bertz CT molecular complexity index is 448. The standard InChI is InChI=1S/C15H21NO2/c1-15(2,3)13-7-5-4-6-12(13)14(18)16-9-8-11(17)10-16/h4-7,11,17H,8-10H2,1-3H3/t11-/m0/s1. The number of benzene rings is 1. The lowest BCUT2D eigenvalue weighted by Gasteiger charge is -2.24. The largest absolute Gasteiger partial charge is 0.391 e. The molecule has 18 heavy (non-hydrogen) atoms. The second kappa shape index (κ2) is 4.73. The summed E-state index contributed by atoms with van der Waals surface area (Å²) in [6.45, 7) is 7.43. The van der Waals surface area contributed by atoms with E-state index in [4.69, 9.17) is 0 Å². The average molecular weight is 247 g/mol. The molecular weight excluding hydrogens is 226 g/mol. The predicted molar refractivity (Wildman–Crippen MR) is 71.7 cm³/mol. The number of aliphatic hydroxyl groups is 1. The minimum atomic E-state index is -0.365. The van der Waals surface area contributed by atoms with Crippen molar-refractivity contribution in [1.29, 1.82) is 0 Å². The zero-order valence-electron chi connectivity index (χ0n) is 11.3. The number of β-amino-alcohol motifs (C(OH)–C–C–N with tert-alkyl or cyclic N) is 1. The molecule has 0 aromatic heterocycles. The van der Waals surface area contributed by atoms with E-state index in [-0.39, 0.29) is 17.4 Å². The fourth-order valence-corrected chi connectivity index (χ4v) is 2.42. The first kappa shape index (κ1) is 13.1. The molecule has 1 amide bonds. The second-order valence-corrected chi connectivity index (χ2v) is 5.99. The molecule has 1 N–H and O–H groups in total. The van der Waals surface area contributed by atoms with E-state index in [1.807, 2.05) is 24.3 Å². The van der Waals surface area contributed by atoms with Crippen LogP contribution in [0.25, 0.3) is 0 Å². The second-order valence-electron chi connectivity index (χ2n) is 5.99. The number of amides is 1. The van der Waals surface area contributed by atoms with Crippen LogP contribution in [0.1, 0.15) is 43.1 Å². The third-order valence-electron chi connectivity index (χ3n) is 3.42. The Hall–Kier alpha value is -1.35.